The van der Waals surface area contributed by atoms with Gasteiger partial charge in [0.1, 0.15) is 0 Å². The Kier molecular flexibility index (Phi) is 7.02. The van der Waals surface area contributed by atoms with E-state index in [1.807, 2.05) is 12.1 Å². The van der Waals surface area contributed by atoms with E-state index in [0.717, 1.165) is 17.5 Å². The molecule has 0 aromatic heterocycles. The van der Waals surface area contributed by atoms with E-state index in [0.29, 0.717) is 0 Å². The topological polar surface area (TPSA) is 15.3 Å². The summed E-state index contributed by atoms with van der Waals surface area (Å²) in [5.41, 5.74) is 1.34. The molecule has 0 radical (unpaired) electrons. The zero-order valence-corrected chi connectivity index (χ0v) is 12.4. The summed E-state index contributed by atoms with van der Waals surface area (Å²) < 4.78 is 0. The number of hydrogen-bond acceptors (Lipinski definition) is 2. The number of benzene rings is 1. The van der Waals surface area contributed by atoms with Crippen LogP contribution in [0.15, 0.2) is 24.3 Å². The first-order valence-corrected chi connectivity index (χ1v) is 6.75. The minimum atomic E-state index is 0. The largest absolute Gasteiger partial charge is 0.317 e. The van der Waals surface area contributed by atoms with E-state index in [9.17, 15) is 0 Å². The minimum Gasteiger partial charge on any atom is -0.317 e. The van der Waals surface area contributed by atoms with Gasteiger partial charge in [-0.05, 0) is 56.6 Å². The molecule has 1 fully saturated rings. The van der Waals surface area contributed by atoms with Gasteiger partial charge < -0.3 is 10.2 Å². The Morgan fingerprint density at radius 1 is 1.22 bits per heavy atom. The average molecular weight is 289 g/mol. The molecule has 18 heavy (non-hydrogen) atoms. The molecule has 1 aromatic carbocycles. The molecule has 0 aliphatic carbocycles. The van der Waals surface area contributed by atoms with E-state index in [1.165, 1.54) is 38.0 Å². The molecule has 1 N–H and O–H groups in total. The van der Waals surface area contributed by atoms with Gasteiger partial charge in [0.15, 0.2) is 0 Å². The summed E-state index contributed by atoms with van der Waals surface area (Å²) in [5.74, 6) is 0.855. The highest BCUT2D eigenvalue weighted by Crippen LogP contribution is 2.15. The van der Waals surface area contributed by atoms with Crippen LogP contribution in [0.4, 0.5) is 0 Å². The predicted molar refractivity (Wildman–Crippen MR) is 80.6 cm³/mol. The number of piperidine rings is 1. The highest BCUT2D eigenvalue weighted by molar-refractivity contribution is 6.30. The highest BCUT2D eigenvalue weighted by atomic mass is 35.5. The Labute approximate surface area is 121 Å². The van der Waals surface area contributed by atoms with E-state index >= 15 is 0 Å². The second kappa shape index (κ2) is 8.00. The van der Waals surface area contributed by atoms with Gasteiger partial charge in [0, 0.05) is 18.1 Å². The van der Waals surface area contributed by atoms with Gasteiger partial charge in [-0.3, -0.25) is 0 Å². The van der Waals surface area contributed by atoms with Crippen LogP contribution in [0, 0.1) is 5.92 Å². The van der Waals surface area contributed by atoms with Crippen LogP contribution in [-0.2, 0) is 6.54 Å². The van der Waals surface area contributed by atoms with Crippen molar-refractivity contribution in [3.63, 3.8) is 0 Å². The van der Waals surface area contributed by atoms with Crippen molar-refractivity contribution in [3.8, 4) is 0 Å². The molecule has 0 atom stereocenters. The van der Waals surface area contributed by atoms with Gasteiger partial charge in [0.05, 0.1) is 0 Å². The molecule has 0 saturated carbocycles. The van der Waals surface area contributed by atoms with Crippen LogP contribution in [0.5, 0.6) is 0 Å². The molecule has 2 rings (SSSR count). The first kappa shape index (κ1) is 15.8. The summed E-state index contributed by atoms with van der Waals surface area (Å²) in [5, 5.41) is 4.23. The van der Waals surface area contributed by atoms with E-state index in [1.54, 1.807) is 0 Å². The lowest BCUT2D eigenvalue weighted by Crippen LogP contribution is -2.34. The molecule has 0 amide bonds. The second-order valence-electron chi connectivity index (χ2n) is 5.02. The van der Waals surface area contributed by atoms with Crippen molar-refractivity contribution in [2.45, 2.75) is 19.4 Å². The van der Waals surface area contributed by atoms with Crippen molar-refractivity contribution in [3.05, 3.63) is 34.9 Å². The summed E-state index contributed by atoms with van der Waals surface area (Å²) in [6.07, 6.45) is 2.62. The van der Waals surface area contributed by atoms with Crippen LogP contribution in [0.25, 0.3) is 0 Å². The van der Waals surface area contributed by atoms with Gasteiger partial charge in [-0.2, -0.15) is 0 Å². The lowest BCUT2D eigenvalue weighted by Gasteiger charge is -2.27. The van der Waals surface area contributed by atoms with Crippen LogP contribution in [0.3, 0.4) is 0 Å². The number of nitrogens with one attached hydrogen (secondary N) is 1. The average Bonchev–Trinajstić information content (AvgIpc) is 2.33. The summed E-state index contributed by atoms with van der Waals surface area (Å²) in [6, 6.07) is 8.16. The van der Waals surface area contributed by atoms with E-state index in [2.05, 4.69) is 29.4 Å². The highest BCUT2D eigenvalue weighted by Gasteiger charge is 2.14. The molecule has 1 aliphatic rings. The van der Waals surface area contributed by atoms with Gasteiger partial charge in [-0.15, -0.1) is 12.4 Å². The maximum atomic E-state index is 5.88. The Hall–Kier alpha value is -0.280. The van der Waals surface area contributed by atoms with Crippen LogP contribution in [0.1, 0.15) is 18.4 Å². The first-order valence-electron chi connectivity index (χ1n) is 6.38. The zero-order chi connectivity index (χ0) is 12.1. The molecule has 1 saturated heterocycles. The molecule has 0 bridgehead atoms. The monoisotopic (exact) mass is 288 g/mol. The lowest BCUT2D eigenvalue weighted by atomic mass is 9.97. The van der Waals surface area contributed by atoms with Crippen molar-refractivity contribution in [2.24, 2.45) is 5.92 Å². The standard InChI is InChI=1S/C14H21ClN2.ClH/c1-17(11-13-6-8-16-9-7-13)10-12-2-4-14(15)5-3-12;/h2-5,13,16H,6-11H2,1H3;1H. The zero-order valence-electron chi connectivity index (χ0n) is 10.9. The van der Waals surface area contributed by atoms with Crippen molar-refractivity contribution in [1.29, 1.82) is 0 Å². The van der Waals surface area contributed by atoms with Gasteiger partial charge in [0.25, 0.3) is 0 Å². The van der Waals surface area contributed by atoms with Crippen molar-refractivity contribution in [1.82, 2.24) is 10.2 Å². The summed E-state index contributed by atoms with van der Waals surface area (Å²) >= 11 is 5.88. The quantitative estimate of drug-likeness (QED) is 0.915. The maximum Gasteiger partial charge on any atom is 0.0406 e. The molecular weight excluding hydrogens is 267 g/mol. The number of nitrogens with zero attached hydrogens (tertiary/aromatic N) is 1. The van der Waals surface area contributed by atoms with Crippen LogP contribution >= 0.6 is 24.0 Å². The van der Waals surface area contributed by atoms with Crippen LogP contribution in [0.2, 0.25) is 5.02 Å². The lowest BCUT2D eigenvalue weighted by molar-refractivity contribution is 0.234. The van der Waals surface area contributed by atoms with Crippen LogP contribution < -0.4 is 5.32 Å². The summed E-state index contributed by atoms with van der Waals surface area (Å²) in [4.78, 5) is 2.42. The van der Waals surface area contributed by atoms with Crippen LogP contribution in [-0.4, -0.2) is 31.6 Å². The third kappa shape index (κ3) is 5.15. The fraction of sp³-hybridized carbons (Fsp3) is 0.571. The molecule has 2 nitrogen and oxygen atoms in total. The molecule has 1 aromatic rings. The van der Waals surface area contributed by atoms with Gasteiger partial charge in [-0.25, -0.2) is 0 Å². The Morgan fingerprint density at radius 2 is 1.83 bits per heavy atom. The minimum absolute atomic E-state index is 0. The van der Waals surface area contributed by atoms with E-state index in [4.69, 9.17) is 11.6 Å². The molecule has 0 spiro atoms. The number of rotatable bonds is 4. The normalized spacial score (nSPS) is 16.6. The van der Waals surface area contributed by atoms with Gasteiger partial charge >= 0.3 is 0 Å². The molecular formula is C14H22Cl2N2. The van der Waals surface area contributed by atoms with Crippen molar-refractivity contribution in [2.75, 3.05) is 26.7 Å². The third-order valence-corrected chi connectivity index (χ3v) is 3.65. The molecule has 102 valence electrons. The SMILES string of the molecule is CN(Cc1ccc(Cl)cc1)CC1CCNCC1.Cl. The summed E-state index contributed by atoms with van der Waals surface area (Å²) in [6.45, 7) is 4.57. The third-order valence-electron chi connectivity index (χ3n) is 3.39. The molecule has 0 unspecified atom stereocenters. The van der Waals surface area contributed by atoms with E-state index < -0.39 is 0 Å². The number of halogens is 2. The maximum absolute atomic E-state index is 5.88. The Balaban J connectivity index is 0.00000162. The van der Waals surface area contributed by atoms with Crippen molar-refractivity contribution < 1.29 is 0 Å². The molecule has 1 aliphatic heterocycles. The Morgan fingerprint density at radius 3 is 2.44 bits per heavy atom. The van der Waals surface area contributed by atoms with E-state index in [-0.39, 0.29) is 12.4 Å². The Bertz CT molecular complexity index is 334. The first-order chi connectivity index (χ1) is 8.24. The smallest absolute Gasteiger partial charge is 0.0406 e. The second-order valence-corrected chi connectivity index (χ2v) is 5.45. The fourth-order valence-corrected chi connectivity index (χ4v) is 2.60. The van der Waals surface area contributed by atoms with Gasteiger partial charge in [-0.1, -0.05) is 23.7 Å². The van der Waals surface area contributed by atoms with Gasteiger partial charge in [0.2, 0.25) is 0 Å². The predicted octanol–water partition coefficient (Wildman–Crippen LogP) is 3.19. The van der Waals surface area contributed by atoms with Crippen molar-refractivity contribution >= 4 is 24.0 Å². The number of hydrogen-bond donors (Lipinski definition) is 1. The summed E-state index contributed by atoms with van der Waals surface area (Å²) in [7, 11) is 2.21. The molecule has 1 heterocycles. The fourth-order valence-electron chi connectivity index (χ4n) is 2.47. The molecule has 4 heteroatoms.